The first kappa shape index (κ1) is 12.4. The van der Waals surface area contributed by atoms with Gasteiger partial charge in [-0.15, -0.1) is 0 Å². The van der Waals surface area contributed by atoms with Crippen LogP contribution in [0.1, 0.15) is 16.8 Å². The maximum Gasteiger partial charge on any atom is 0.159 e. The molecule has 0 aliphatic rings. The van der Waals surface area contributed by atoms with Gasteiger partial charge in [0.05, 0.1) is 0 Å². The van der Waals surface area contributed by atoms with Crippen molar-refractivity contribution in [2.24, 2.45) is 5.73 Å². The van der Waals surface area contributed by atoms with Crippen molar-refractivity contribution >= 4 is 28.7 Å². The van der Waals surface area contributed by atoms with Gasteiger partial charge in [0.25, 0.3) is 0 Å². The third-order valence-electron chi connectivity index (χ3n) is 2.42. The first-order valence-electron chi connectivity index (χ1n) is 5.52. The molecular weight excluding hydrogens is 244 g/mol. The van der Waals surface area contributed by atoms with Crippen LogP contribution in [0, 0.1) is 13.8 Å². The van der Waals surface area contributed by atoms with Crippen LogP contribution in [0.4, 0.5) is 11.5 Å². The van der Waals surface area contributed by atoms with Crippen molar-refractivity contribution < 1.29 is 0 Å². The zero-order chi connectivity index (χ0) is 13.1. The maximum atomic E-state index is 5.62. The Labute approximate surface area is 111 Å². The molecule has 2 rings (SSSR count). The molecule has 3 N–H and O–H groups in total. The minimum absolute atomic E-state index is 0.231. The highest BCUT2D eigenvalue weighted by Gasteiger charge is 2.08. The Balaban J connectivity index is 2.37. The molecule has 92 valence electrons. The van der Waals surface area contributed by atoms with E-state index in [-0.39, 0.29) is 4.99 Å². The van der Waals surface area contributed by atoms with Gasteiger partial charge in [0.1, 0.15) is 10.7 Å². The van der Waals surface area contributed by atoms with E-state index in [9.17, 15) is 0 Å². The molecule has 0 radical (unpaired) electrons. The second-order valence-corrected chi connectivity index (χ2v) is 4.56. The molecule has 1 heterocycles. The molecule has 2 aromatic rings. The third kappa shape index (κ3) is 2.81. The Bertz CT molecular complexity index is 575. The summed E-state index contributed by atoms with van der Waals surface area (Å²) in [6, 6.07) is 6.17. The van der Waals surface area contributed by atoms with E-state index in [1.807, 2.05) is 26.0 Å². The molecule has 0 fully saturated rings. The fourth-order valence-electron chi connectivity index (χ4n) is 1.79. The van der Waals surface area contributed by atoms with Crippen LogP contribution < -0.4 is 11.1 Å². The van der Waals surface area contributed by atoms with Gasteiger partial charge in [-0.25, -0.2) is 9.97 Å². The molecule has 0 atom stereocenters. The van der Waals surface area contributed by atoms with E-state index in [1.165, 1.54) is 11.1 Å². The summed E-state index contributed by atoms with van der Waals surface area (Å²) in [4.78, 5) is 8.57. The predicted molar refractivity (Wildman–Crippen MR) is 77.1 cm³/mol. The topological polar surface area (TPSA) is 63.8 Å². The predicted octanol–water partition coefficient (Wildman–Crippen LogP) is 2.47. The number of nitrogens with two attached hydrogens (primary N) is 1. The molecule has 0 aliphatic heterocycles. The lowest BCUT2D eigenvalue weighted by Crippen LogP contribution is -2.15. The fraction of sp³-hybridized carbons (Fsp3) is 0.154. The van der Waals surface area contributed by atoms with Crippen molar-refractivity contribution in [3.8, 4) is 0 Å². The summed E-state index contributed by atoms with van der Waals surface area (Å²) >= 11 is 4.95. The van der Waals surface area contributed by atoms with Gasteiger partial charge in [-0.2, -0.15) is 0 Å². The fourth-order valence-corrected chi connectivity index (χ4v) is 1.94. The van der Waals surface area contributed by atoms with Crippen molar-refractivity contribution in [3.05, 3.63) is 47.4 Å². The number of benzene rings is 1. The second kappa shape index (κ2) is 5.10. The van der Waals surface area contributed by atoms with Gasteiger partial charge in [-0.3, -0.25) is 0 Å². The summed E-state index contributed by atoms with van der Waals surface area (Å²) < 4.78 is 0. The van der Waals surface area contributed by atoms with Crippen LogP contribution in [0.3, 0.4) is 0 Å². The van der Waals surface area contributed by atoms with Crippen molar-refractivity contribution in [1.29, 1.82) is 0 Å². The van der Waals surface area contributed by atoms with Crippen molar-refractivity contribution in [3.63, 3.8) is 0 Å². The van der Waals surface area contributed by atoms with Gasteiger partial charge in [0, 0.05) is 18.1 Å². The Morgan fingerprint density at radius 1 is 1.11 bits per heavy atom. The molecule has 5 heteroatoms. The molecule has 0 amide bonds. The number of nitrogens with zero attached hydrogens (tertiary/aromatic N) is 2. The van der Waals surface area contributed by atoms with Crippen LogP contribution in [-0.4, -0.2) is 15.0 Å². The smallest absolute Gasteiger partial charge is 0.159 e. The van der Waals surface area contributed by atoms with Gasteiger partial charge < -0.3 is 11.1 Å². The minimum Gasteiger partial charge on any atom is -0.388 e. The molecule has 0 saturated carbocycles. The maximum absolute atomic E-state index is 5.62. The third-order valence-corrected chi connectivity index (χ3v) is 2.61. The van der Waals surface area contributed by atoms with Crippen LogP contribution in [0.15, 0.2) is 30.6 Å². The standard InChI is InChI=1S/C13H14N4S/c1-8-5-9(2)7-10(6-8)17-13-11(12(14)18)15-3-4-16-13/h3-7H,1-2H3,(H2,14,18)(H,16,17). The molecule has 1 aromatic heterocycles. The molecule has 0 unspecified atom stereocenters. The molecular formula is C13H14N4S. The molecule has 4 nitrogen and oxygen atoms in total. The van der Waals surface area contributed by atoms with Crippen LogP contribution in [0.2, 0.25) is 0 Å². The highest BCUT2D eigenvalue weighted by molar-refractivity contribution is 7.80. The van der Waals surface area contributed by atoms with Crippen LogP contribution in [-0.2, 0) is 0 Å². The summed E-state index contributed by atoms with van der Waals surface area (Å²) in [6.45, 7) is 4.09. The Morgan fingerprint density at radius 2 is 1.72 bits per heavy atom. The number of hydrogen-bond donors (Lipinski definition) is 2. The number of aryl methyl sites for hydroxylation is 2. The average Bonchev–Trinajstić information content (AvgIpc) is 2.27. The number of aromatic nitrogens is 2. The highest BCUT2D eigenvalue weighted by atomic mass is 32.1. The van der Waals surface area contributed by atoms with Crippen molar-refractivity contribution in [2.45, 2.75) is 13.8 Å². The molecule has 0 bridgehead atoms. The van der Waals surface area contributed by atoms with Gasteiger partial charge in [0.2, 0.25) is 0 Å². The highest BCUT2D eigenvalue weighted by Crippen LogP contribution is 2.19. The average molecular weight is 258 g/mol. The van der Waals surface area contributed by atoms with E-state index in [4.69, 9.17) is 18.0 Å². The van der Waals surface area contributed by atoms with Crippen LogP contribution in [0.25, 0.3) is 0 Å². The van der Waals surface area contributed by atoms with Gasteiger partial charge >= 0.3 is 0 Å². The largest absolute Gasteiger partial charge is 0.388 e. The summed E-state index contributed by atoms with van der Waals surface area (Å²) in [6.07, 6.45) is 3.17. The van der Waals surface area contributed by atoms with E-state index < -0.39 is 0 Å². The zero-order valence-electron chi connectivity index (χ0n) is 10.3. The zero-order valence-corrected chi connectivity index (χ0v) is 11.1. The number of anilines is 2. The van der Waals surface area contributed by atoms with E-state index in [0.717, 1.165) is 5.69 Å². The molecule has 0 saturated heterocycles. The lowest BCUT2D eigenvalue weighted by atomic mass is 10.1. The van der Waals surface area contributed by atoms with E-state index in [2.05, 4.69) is 21.4 Å². The van der Waals surface area contributed by atoms with Gasteiger partial charge in [-0.1, -0.05) is 18.3 Å². The van der Waals surface area contributed by atoms with Gasteiger partial charge in [-0.05, 0) is 37.1 Å². The molecule has 0 aliphatic carbocycles. The number of hydrogen-bond acceptors (Lipinski definition) is 4. The second-order valence-electron chi connectivity index (χ2n) is 4.12. The van der Waals surface area contributed by atoms with E-state index >= 15 is 0 Å². The Kier molecular flexibility index (Phi) is 3.53. The van der Waals surface area contributed by atoms with Crippen molar-refractivity contribution in [1.82, 2.24) is 9.97 Å². The number of thiocarbonyl (C=S) groups is 1. The lowest BCUT2D eigenvalue weighted by molar-refractivity contribution is 1.18. The summed E-state index contributed by atoms with van der Waals surface area (Å²) in [5.41, 5.74) is 9.43. The Hall–Kier alpha value is -2.01. The van der Waals surface area contributed by atoms with Gasteiger partial charge in [0.15, 0.2) is 5.82 Å². The number of rotatable bonds is 3. The summed E-state index contributed by atoms with van der Waals surface area (Å²) in [7, 11) is 0. The molecule has 0 spiro atoms. The summed E-state index contributed by atoms with van der Waals surface area (Å²) in [5.74, 6) is 0.579. The lowest BCUT2D eigenvalue weighted by Gasteiger charge is -2.10. The first-order chi connectivity index (χ1) is 8.56. The monoisotopic (exact) mass is 258 g/mol. The quantitative estimate of drug-likeness (QED) is 0.828. The summed E-state index contributed by atoms with van der Waals surface area (Å²) in [5, 5.41) is 3.19. The van der Waals surface area contributed by atoms with Crippen LogP contribution >= 0.6 is 12.2 Å². The normalized spacial score (nSPS) is 10.1. The number of nitrogens with one attached hydrogen (secondary N) is 1. The molecule has 1 aromatic carbocycles. The Morgan fingerprint density at radius 3 is 2.33 bits per heavy atom. The van der Waals surface area contributed by atoms with E-state index in [0.29, 0.717) is 11.5 Å². The minimum atomic E-state index is 0.231. The SMILES string of the molecule is Cc1cc(C)cc(Nc2nccnc2C(N)=S)c1. The molecule has 18 heavy (non-hydrogen) atoms. The van der Waals surface area contributed by atoms with E-state index in [1.54, 1.807) is 12.4 Å². The van der Waals surface area contributed by atoms with Crippen molar-refractivity contribution in [2.75, 3.05) is 5.32 Å². The van der Waals surface area contributed by atoms with Crippen LogP contribution in [0.5, 0.6) is 0 Å². The first-order valence-corrected chi connectivity index (χ1v) is 5.93.